The van der Waals surface area contributed by atoms with Gasteiger partial charge in [-0.25, -0.2) is 9.69 Å². The van der Waals surface area contributed by atoms with Crippen molar-refractivity contribution in [3.05, 3.63) is 97.0 Å². The number of hydrogen-bond acceptors (Lipinski definition) is 7. The lowest BCUT2D eigenvalue weighted by molar-refractivity contribution is -0.384. The molecule has 1 aliphatic rings. The average Bonchev–Trinajstić information content (AvgIpc) is 2.86. The molecule has 188 valence electrons. The molecule has 12 heteroatoms. The van der Waals surface area contributed by atoms with E-state index in [-0.39, 0.29) is 23.6 Å². The third kappa shape index (κ3) is 5.63. The molecule has 4 amide bonds. The average molecular weight is 587 g/mol. The van der Waals surface area contributed by atoms with E-state index in [0.717, 1.165) is 22.6 Å². The van der Waals surface area contributed by atoms with Gasteiger partial charge in [-0.1, -0.05) is 23.7 Å². The number of nitro groups is 1. The van der Waals surface area contributed by atoms with E-state index < -0.39 is 22.8 Å². The van der Waals surface area contributed by atoms with Crippen LogP contribution in [0.2, 0.25) is 5.02 Å². The highest BCUT2D eigenvalue weighted by Crippen LogP contribution is 2.38. The fraction of sp³-hybridized carbons (Fsp3) is 0.0800. The van der Waals surface area contributed by atoms with Crippen LogP contribution in [-0.2, 0) is 16.2 Å². The molecule has 0 unspecified atom stereocenters. The number of methoxy groups -OCH3 is 1. The van der Waals surface area contributed by atoms with Crippen LogP contribution in [0.1, 0.15) is 11.1 Å². The second-order valence-electron chi connectivity index (χ2n) is 7.68. The van der Waals surface area contributed by atoms with Gasteiger partial charge in [0.15, 0.2) is 11.5 Å². The van der Waals surface area contributed by atoms with E-state index in [9.17, 15) is 24.5 Å². The predicted octanol–water partition coefficient (Wildman–Crippen LogP) is 5.26. The van der Waals surface area contributed by atoms with Crippen LogP contribution in [0.3, 0.4) is 0 Å². The lowest BCUT2D eigenvalue weighted by Gasteiger charge is -2.26. The van der Waals surface area contributed by atoms with Gasteiger partial charge in [-0.2, -0.15) is 0 Å². The summed E-state index contributed by atoms with van der Waals surface area (Å²) in [7, 11) is 1.45. The molecule has 3 aromatic rings. The topological polar surface area (TPSA) is 128 Å². The number of ether oxygens (including phenoxy) is 2. The highest BCUT2D eigenvalue weighted by atomic mass is 79.9. The van der Waals surface area contributed by atoms with Crippen molar-refractivity contribution in [2.75, 3.05) is 12.0 Å². The number of anilines is 1. The lowest BCUT2D eigenvalue weighted by atomic mass is 10.1. The third-order valence-electron chi connectivity index (χ3n) is 5.28. The molecule has 0 bridgehead atoms. The minimum Gasteiger partial charge on any atom is -0.493 e. The van der Waals surface area contributed by atoms with Crippen molar-refractivity contribution in [2.45, 2.75) is 6.61 Å². The number of nitrogens with zero attached hydrogens (tertiary/aromatic N) is 2. The van der Waals surface area contributed by atoms with Crippen LogP contribution in [0.25, 0.3) is 6.08 Å². The van der Waals surface area contributed by atoms with Crippen molar-refractivity contribution in [3.8, 4) is 11.5 Å². The number of nitro benzene ring substituents is 1. The van der Waals surface area contributed by atoms with Crippen LogP contribution < -0.4 is 19.7 Å². The Morgan fingerprint density at radius 1 is 1.08 bits per heavy atom. The van der Waals surface area contributed by atoms with Crippen molar-refractivity contribution in [3.63, 3.8) is 0 Å². The SMILES string of the molecule is COc1cc(/C=C2\C(=O)NC(=O)N(c3ccc([N+](=O)[O-])cc3)C2=O)cc(Br)c1OCc1ccc(Cl)cc1. The summed E-state index contributed by atoms with van der Waals surface area (Å²) in [6.45, 7) is 0.236. The van der Waals surface area contributed by atoms with Crippen LogP contribution >= 0.6 is 27.5 Å². The summed E-state index contributed by atoms with van der Waals surface area (Å²) in [5.41, 5.74) is 0.831. The number of halogens is 2. The first kappa shape index (κ1) is 25.9. The van der Waals surface area contributed by atoms with E-state index in [1.807, 2.05) is 12.1 Å². The van der Waals surface area contributed by atoms with E-state index in [1.165, 1.54) is 25.3 Å². The molecule has 1 N–H and O–H groups in total. The predicted molar refractivity (Wildman–Crippen MR) is 139 cm³/mol. The summed E-state index contributed by atoms with van der Waals surface area (Å²) in [6, 6.07) is 14.2. The van der Waals surface area contributed by atoms with Crippen LogP contribution in [0, 0.1) is 10.1 Å². The number of non-ortho nitro benzene ring substituents is 1. The molecule has 4 rings (SSSR count). The molecule has 0 radical (unpaired) electrons. The fourth-order valence-corrected chi connectivity index (χ4v) is 4.18. The number of carbonyl (C=O) groups is 3. The van der Waals surface area contributed by atoms with Crippen molar-refractivity contribution >= 4 is 62.8 Å². The Balaban J connectivity index is 1.62. The Hall–Kier alpha value is -4.22. The van der Waals surface area contributed by atoms with Gasteiger partial charge in [-0.15, -0.1) is 0 Å². The van der Waals surface area contributed by atoms with Crippen LogP contribution in [0.5, 0.6) is 11.5 Å². The molecule has 0 saturated carbocycles. The zero-order valence-electron chi connectivity index (χ0n) is 19.1. The van der Waals surface area contributed by atoms with Crippen LogP contribution in [0.15, 0.2) is 70.7 Å². The summed E-state index contributed by atoms with van der Waals surface area (Å²) in [5.74, 6) is -1.03. The number of nitrogens with one attached hydrogen (secondary N) is 1. The number of hydrogen-bond donors (Lipinski definition) is 1. The molecule has 37 heavy (non-hydrogen) atoms. The molecule has 1 fully saturated rings. The van der Waals surface area contributed by atoms with Gasteiger partial charge in [0.05, 0.1) is 22.2 Å². The van der Waals surface area contributed by atoms with Gasteiger partial charge in [-0.05, 0) is 69.5 Å². The first-order chi connectivity index (χ1) is 17.7. The molecule has 0 atom stereocenters. The maximum atomic E-state index is 13.1. The van der Waals surface area contributed by atoms with Gasteiger partial charge >= 0.3 is 6.03 Å². The zero-order valence-corrected chi connectivity index (χ0v) is 21.4. The van der Waals surface area contributed by atoms with E-state index in [1.54, 1.807) is 24.3 Å². The Morgan fingerprint density at radius 3 is 2.38 bits per heavy atom. The number of barbiturate groups is 1. The van der Waals surface area contributed by atoms with Gasteiger partial charge in [0, 0.05) is 17.2 Å². The second kappa shape index (κ2) is 10.8. The molecule has 3 aromatic carbocycles. The highest BCUT2D eigenvalue weighted by molar-refractivity contribution is 9.10. The fourth-order valence-electron chi connectivity index (χ4n) is 3.48. The van der Waals surface area contributed by atoms with E-state index in [4.69, 9.17) is 21.1 Å². The summed E-state index contributed by atoms with van der Waals surface area (Å²) >= 11 is 9.35. The molecule has 0 aliphatic carbocycles. The standard InChI is InChI=1S/C25H17BrClN3O7/c1-36-21-12-15(11-20(26)22(21)37-13-14-2-4-16(27)5-3-14)10-19-23(31)28-25(33)29(24(19)32)17-6-8-18(9-7-17)30(34)35/h2-12H,13H2,1H3,(H,28,31,33)/b19-10+. The number of rotatable bonds is 7. The van der Waals surface area contributed by atoms with E-state index >= 15 is 0 Å². The zero-order chi connectivity index (χ0) is 26.7. The van der Waals surface area contributed by atoms with Crippen molar-refractivity contribution < 1.29 is 28.8 Å². The maximum absolute atomic E-state index is 13.1. The van der Waals surface area contributed by atoms with E-state index in [2.05, 4.69) is 21.2 Å². The van der Waals surface area contributed by atoms with Crippen molar-refractivity contribution in [1.29, 1.82) is 0 Å². The van der Waals surface area contributed by atoms with Crippen LogP contribution in [0.4, 0.5) is 16.2 Å². The minimum atomic E-state index is -0.967. The number of urea groups is 1. The molecule has 0 aromatic heterocycles. The lowest BCUT2D eigenvalue weighted by Crippen LogP contribution is -2.54. The summed E-state index contributed by atoms with van der Waals surface area (Å²) in [4.78, 5) is 49.1. The minimum absolute atomic E-state index is 0.0659. The van der Waals surface area contributed by atoms with Gasteiger partial charge in [0.25, 0.3) is 17.5 Å². The quantitative estimate of drug-likeness (QED) is 0.173. The molecular formula is C25H17BrClN3O7. The Bertz CT molecular complexity index is 1440. The Kier molecular flexibility index (Phi) is 7.55. The first-order valence-electron chi connectivity index (χ1n) is 10.6. The Morgan fingerprint density at radius 2 is 1.76 bits per heavy atom. The second-order valence-corrected chi connectivity index (χ2v) is 8.97. The largest absolute Gasteiger partial charge is 0.493 e. The van der Waals surface area contributed by atoms with Crippen LogP contribution in [-0.4, -0.2) is 29.9 Å². The number of amides is 4. The monoisotopic (exact) mass is 585 g/mol. The molecule has 10 nitrogen and oxygen atoms in total. The van der Waals surface area contributed by atoms with Gasteiger partial charge in [-0.3, -0.25) is 25.0 Å². The molecule has 0 spiro atoms. The summed E-state index contributed by atoms with van der Waals surface area (Å²) in [5, 5.41) is 13.6. The summed E-state index contributed by atoms with van der Waals surface area (Å²) in [6.07, 6.45) is 1.30. The summed E-state index contributed by atoms with van der Waals surface area (Å²) < 4.78 is 11.8. The number of imide groups is 2. The molecular weight excluding hydrogens is 570 g/mol. The van der Waals surface area contributed by atoms with Gasteiger partial charge in [0.2, 0.25) is 0 Å². The highest BCUT2D eigenvalue weighted by Gasteiger charge is 2.37. The number of carbonyl (C=O) groups excluding carboxylic acids is 3. The normalized spacial score (nSPS) is 14.5. The molecule has 1 heterocycles. The molecule has 1 saturated heterocycles. The van der Waals surface area contributed by atoms with Crippen molar-refractivity contribution in [1.82, 2.24) is 5.32 Å². The smallest absolute Gasteiger partial charge is 0.335 e. The first-order valence-corrected chi connectivity index (χ1v) is 11.8. The number of benzene rings is 3. The van der Waals surface area contributed by atoms with E-state index in [0.29, 0.717) is 26.6 Å². The van der Waals surface area contributed by atoms with Gasteiger partial charge < -0.3 is 9.47 Å². The molecule has 1 aliphatic heterocycles. The maximum Gasteiger partial charge on any atom is 0.335 e. The Labute approximate surface area is 223 Å². The van der Waals surface area contributed by atoms with Crippen molar-refractivity contribution in [2.24, 2.45) is 0 Å². The third-order valence-corrected chi connectivity index (χ3v) is 6.12. The van der Waals surface area contributed by atoms with Gasteiger partial charge in [0.1, 0.15) is 12.2 Å².